The molecule has 0 fully saturated rings. The van der Waals surface area contributed by atoms with Crippen LogP contribution in [-0.4, -0.2) is 10.9 Å². The smallest absolute Gasteiger partial charge is 0.259 e. The molecule has 4 nitrogen and oxygen atoms in total. The summed E-state index contributed by atoms with van der Waals surface area (Å²) in [5.41, 5.74) is 9.64. The van der Waals surface area contributed by atoms with Crippen LogP contribution in [0.3, 0.4) is 0 Å². The number of nitrogens with zero attached hydrogens (tertiary/aromatic N) is 1. The summed E-state index contributed by atoms with van der Waals surface area (Å²) >= 11 is 0. The minimum atomic E-state index is -0.230. The van der Waals surface area contributed by atoms with E-state index >= 15 is 0 Å². The van der Waals surface area contributed by atoms with E-state index in [1.165, 1.54) is 6.20 Å². The number of anilines is 2. The van der Waals surface area contributed by atoms with Crippen LogP contribution in [0, 0.1) is 6.92 Å². The lowest BCUT2D eigenvalue weighted by molar-refractivity contribution is 0.102. The topological polar surface area (TPSA) is 68.0 Å². The summed E-state index contributed by atoms with van der Waals surface area (Å²) in [6.45, 7) is 6.18. The Kier molecular flexibility index (Phi) is 4.03. The fourth-order valence-corrected chi connectivity index (χ4v) is 2.12. The molecule has 0 bridgehead atoms. The number of carbonyl (C=O) groups is 1. The van der Waals surface area contributed by atoms with Gasteiger partial charge >= 0.3 is 0 Å². The van der Waals surface area contributed by atoms with Crippen molar-refractivity contribution in [2.75, 3.05) is 11.1 Å². The lowest BCUT2D eigenvalue weighted by Crippen LogP contribution is -2.16. The van der Waals surface area contributed by atoms with Crippen molar-refractivity contribution in [2.24, 2.45) is 0 Å². The molecule has 4 heteroatoms. The van der Waals surface area contributed by atoms with Crippen LogP contribution in [0.1, 0.15) is 41.3 Å². The second-order valence-electron chi connectivity index (χ2n) is 5.11. The van der Waals surface area contributed by atoms with Gasteiger partial charge in [0.2, 0.25) is 0 Å². The van der Waals surface area contributed by atoms with Gasteiger partial charge in [-0.05, 0) is 30.0 Å². The largest absolute Gasteiger partial charge is 0.398 e. The van der Waals surface area contributed by atoms with Crippen LogP contribution in [0.2, 0.25) is 0 Å². The van der Waals surface area contributed by atoms with Crippen LogP contribution in [0.15, 0.2) is 36.7 Å². The quantitative estimate of drug-likeness (QED) is 0.897. The molecule has 1 heterocycles. The molecule has 1 aromatic carbocycles. The van der Waals surface area contributed by atoms with Crippen molar-refractivity contribution >= 4 is 17.3 Å². The maximum atomic E-state index is 12.3. The first-order valence-electron chi connectivity index (χ1n) is 6.61. The van der Waals surface area contributed by atoms with Gasteiger partial charge in [-0.25, -0.2) is 0 Å². The Morgan fingerprint density at radius 2 is 2.05 bits per heavy atom. The minimum absolute atomic E-state index is 0.230. The molecule has 0 aliphatic rings. The predicted molar refractivity (Wildman–Crippen MR) is 81.9 cm³/mol. The van der Waals surface area contributed by atoms with E-state index < -0.39 is 0 Å². The normalized spacial score (nSPS) is 10.6. The van der Waals surface area contributed by atoms with E-state index in [4.69, 9.17) is 5.73 Å². The number of pyridine rings is 1. The number of nitrogens with one attached hydrogen (secondary N) is 1. The Bertz CT molecular complexity index is 635. The molecule has 0 saturated carbocycles. The van der Waals surface area contributed by atoms with E-state index in [1.807, 2.05) is 25.1 Å². The van der Waals surface area contributed by atoms with Crippen molar-refractivity contribution in [3.05, 3.63) is 53.3 Å². The van der Waals surface area contributed by atoms with Gasteiger partial charge < -0.3 is 11.1 Å². The Labute approximate surface area is 119 Å². The van der Waals surface area contributed by atoms with Crippen LogP contribution in [-0.2, 0) is 0 Å². The zero-order valence-electron chi connectivity index (χ0n) is 12.0. The van der Waals surface area contributed by atoms with Crippen molar-refractivity contribution in [3.63, 3.8) is 0 Å². The molecule has 104 valence electrons. The maximum Gasteiger partial charge on any atom is 0.259 e. The molecule has 20 heavy (non-hydrogen) atoms. The maximum absolute atomic E-state index is 12.3. The first-order chi connectivity index (χ1) is 9.50. The molecule has 0 aliphatic carbocycles. The highest BCUT2D eigenvalue weighted by molar-refractivity contribution is 6.08. The third-order valence-corrected chi connectivity index (χ3v) is 3.26. The molecule has 0 saturated heterocycles. The van der Waals surface area contributed by atoms with Crippen LogP contribution in [0.5, 0.6) is 0 Å². The number of amides is 1. The van der Waals surface area contributed by atoms with Gasteiger partial charge in [0, 0.05) is 23.8 Å². The summed E-state index contributed by atoms with van der Waals surface area (Å²) in [6.07, 6.45) is 3.05. The average Bonchev–Trinajstić information content (AvgIpc) is 2.41. The third-order valence-electron chi connectivity index (χ3n) is 3.26. The Morgan fingerprint density at radius 3 is 2.70 bits per heavy atom. The highest BCUT2D eigenvalue weighted by Crippen LogP contribution is 2.28. The first-order valence-corrected chi connectivity index (χ1v) is 6.61. The predicted octanol–water partition coefficient (Wildman–Crippen LogP) is 3.35. The number of nitrogens with two attached hydrogens (primary N) is 1. The fourth-order valence-electron chi connectivity index (χ4n) is 2.12. The van der Waals surface area contributed by atoms with E-state index in [1.54, 1.807) is 12.3 Å². The zero-order valence-corrected chi connectivity index (χ0v) is 12.0. The summed E-state index contributed by atoms with van der Waals surface area (Å²) in [6, 6.07) is 7.63. The van der Waals surface area contributed by atoms with Crippen LogP contribution in [0.4, 0.5) is 11.4 Å². The number of benzene rings is 1. The fraction of sp³-hybridized carbons (Fsp3) is 0.250. The molecule has 0 radical (unpaired) electrons. The highest BCUT2D eigenvalue weighted by atomic mass is 16.1. The zero-order chi connectivity index (χ0) is 14.7. The lowest BCUT2D eigenvalue weighted by atomic mass is 9.98. The number of rotatable bonds is 3. The number of hydrogen-bond acceptors (Lipinski definition) is 3. The molecular formula is C16H19N3O. The highest BCUT2D eigenvalue weighted by Gasteiger charge is 2.15. The summed E-state index contributed by atoms with van der Waals surface area (Å²) in [4.78, 5) is 16.3. The molecule has 1 aromatic heterocycles. The third kappa shape index (κ3) is 2.79. The molecule has 0 atom stereocenters. The SMILES string of the molecule is Cc1cccc(C(C)C)c1NC(=O)c1cnccc1N. The van der Waals surface area contributed by atoms with Gasteiger partial charge in [0.25, 0.3) is 5.91 Å². The molecule has 0 unspecified atom stereocenters. The van der Waals surface area contributed by atoms with Gasteiger partial charge in [-0.2, -0.15) is 0 Å². The monoisotopic (exact) mass is 269 g/mol. The Morgan fingerprint density at radius 1 is 1.30 bits per heavy atom. The van der Waals surface area contributed by atoms with Crippen molar-refractivity contribution < 1.29 is 4.79 Å². The summed E-state index contributed by atoms with van der Waals surface area (Å²) in [5, 5.41) is 2.96. The van der Waals surface area contributed by atoms with E-state index in [-0.39, 0.29) is 5.91 Å². The standard InChI is InChI=1S/C16H19N3O/c1-10(2)12-6-4-5-11(3)15(12)19-16(20)13-9-18-8-7-14(13)17/h4-10H,1-3H3,(H2,17,18)(H,19,20). The van der Waals surface area contributed by atoms with Crippen molar-refractivity contribution in [1.82, 2.24) is 4.98 Å². The van der Waals surface area contributed by atoms with Crippen molar-refractivity contribution in [3.8, 4) is 0 Å². The number of hydrogen-bond donors (Lipinski definition) is 2. The average molecular weight is 269 g/mol. The number of nitrogen functional groups attached to an aromatic ring is 1. The van der Waals surface area contributed by atoms with Gasteiger partial charge in [0.05, 0.1) is 5.56 Å². The van der Waals surface area contributed by atoms with E-state index in [0.29, 0.717) is 17.2 Å². The van der Waals surface area contributed by atoms with Gasteiger partial charge in [-0.1, -0.05) is 32.0 Å². The van der Waals surface area contributed by atoms with E-state index in [2.05, 4.69) is 24.1 Å². The lowest BCUT2D eigenvalue weighted by Gasteiger charge is -2.16. The number of carbonyl (C=O) groups excluding carboxylic acids is 1. The molecule has 0 aliphatic heterocycles. The van der Waals surface area contributed by atoms with Gasteiger partial charge in [0.15, 0.2) is 0 Å². The summed E-state index contributed by atoms with van der Waals surface area (Å²) < 4.78 is 0. The first kappa shape index (κ1) is 14.1. The van der Waals surface area contributed by atoms with Gasteiger partial charge in [-0.3, -0.25) is 9.78 Å². The molecule has 2 aromatic rings. The van der Waals surface area contributed by atoms with Crippen molar-refractivity contribution in [2.45, 2.75) is 26.7 Å². The molecule has 0 spiro atoms. The van der Waals surface area contributed by atoms with Gasteiger partial charge in [0.1, 0.15) is 0 Å². The molecular weight excluding hydrogens is 250 g/mol. The Hall–Kier alpha value is -2.36. The van der Waals surface area contributed by atoms with Crippen molar-refractivity contribution in [1.29, 1.82) is 0 Å². The van der Waals surface area contributed by atoms with Crippen LogP contribution >= 0.6 is 0 Å². The van der Waals surface area contributed by atoms with E-state index in [0.717, 1.165) is 16.8 Å². The van der Waals surface area contributed by atoms with Crippen LogP contribution in [0.25, 0.3) is 0 Å². The molecule has 2 rings (SSSR count). The Balaban J connectivity index is 2.36. The van der Waals surface area contributed by atoms with Gasteiger partial charge in [-0.15, -0.1) is 0 Å². The second kappa shape index (κ2) is 5.74. The second-order valence-corrected chi connectivity index (χ2v) is 5.11. The summed E-state index contributed by atoms with van der Waals surface area (Å²) in [7, 11) is 0. The number of para-hydroxylation sites is 1. The molecule has 3 N–H and O–H groups in total. The van der Waals surface area contributed by atoms with Crippen LogP contribution < -0.4 is 11.1 Å². The number of aryl methyl sites for hydroxylation is 1. The minimum Gasteiger partial charge on any atom is -0.398 e. The van der Waals surface area contributed by atoms with E-state index in [9.17, 15) is 4.79 Å². The summed E-state index contributed by atoms with van der Waals surface area (Å²) in [5.74, 6) is 0.100. The molecule has 1 amide bonds. The number of aromatic nitrogens is 1.